The van der Waals surface area contributed by atoms with Gasteiger partial charge in [0, 0.05) is 25.7 Å². The van der Waals surface area contributed by atoms with E-state index in [2.05, 4.69) is 71.1 Å². The summed E-state index contributed by atoms with van der Waals surface area (Å²) in [4.78, 5) is 45.9. The first-order valence-corrected chi connectivity index (χ1v) is 25.7. The lowest BCUT2D eigenvalue weighted by Crippen LogP contribution is -2.30. The highest BCUT2D eigenvalue weighted by atomic mass is 127. The van der Waals surface area contributed by atoms with Crippen LogP contribution in [0.25, 0.3) is 12.2 Å². The Bertz CT molecular complexity index is 1650. The van der Waals surface area contributed by atoms with Crippen molar-refractivity contribution < 1.29 is 47.4 Å². The fraction of sp³-hybridized carbons (Fsp3) is 0.623. The van der Waals surface area contributed by atoms with Crippen LogP contribution in [0.2, 0.25) is 0 Å². The van der Waals surface area contributed by atoms with Gasteiger partial charge >= 0.3 is 31.0 Å². The monoisotopic (exact) mass is 1010 g/mol. The molecule has 1 atom stereocenters. The minimum atomic E-state index is -0.340. The number of aryl methyl sites for hydroxylation is 4. The molecule has 0 spiro atoms. The standard InChI is InChI=1S/C29H45BO6.C24H35IO4/c1-6-33-27(31)16-12-8-10-14-24-20-25(15-11-9-13-17-28(32)34-7-2)22-26(21-24)18-19-30-35-23(3)29(4,5)36-30;1-3-28-23(26)13-9-5-7-11-20-17-21(19-22(18-20)15-16-25)12-8-6-10-14-24(27)29-4-2/h18-23H,6-17H2,1-5H3;15-19H,3-14H2,1-2H3/b19-18+;16-15+. The van der Waals surface area contributed by atoms with E-state index < -0.39 is 0 Å². The van der Waals surface area contributed by atoms with Crippen LogP contribution in [0, 0.1) is 0 Å². The maximum absolute atomic E-state index is 11.5. The third-order valence-corrected chi connectivity index (χ3v) is 11.6. The van der Waals surface area contributed by atoms with Gasteiger partial charge in [0.2, 0.25) is 0 Å². The number of unbranched alkanes of at least 4 members (excludes halogenated alkanes) is 8. The molecule has 1 fully saturated rings. The smallest absolute Gasteiger partial charge is 0.466 e. The van der Waals surface area contributed by atoms with Crippen molar-refractivity contribution in [1.29, 1.82) is 0 Å². The minimum absolute atomic E-state index is 0.0401. The van der Waals surface area contributed by atoms with E-state index in [1.165, 1.54) is 27.8 Å². The second kappa shape index (κ2) is 34.8. The number of ether oxygens (including phenoxy) is 4. The van der Waals surface area contributed by atoms with Gasteiger partial charge in [-0.2, -0.15) is 0 Å². The molecule has 0 saturated carbocycles. The molecule has 10 nitrogen and oxygen atoms in total. The average molecular weight is 1010 g/mol. The first-order valence-electron chi connectivity index (χ1n) is 24.5. The zero-order valence-electron chi connectivity index (χ0n) is 40.9. The number of carbonyl (C=O) groups excluding carboxylic acids is 4. The normalized spacial score (nSPS) is 14.3. The second-order valence-corrected chi connectivity index (χ2v) is 17.9. The predicted octanol–water partition coefficient (Wildman–Crippen LogP) is 12.7. The number of rotatable bonds is 31. The van der Waals surface area contributed by atoms with E-state index in [0.29, 0.717) is 52.1 Å². The Balaban J connectivity index is 0.000000458. The van der Waals surface area contributed by atoms with E-state index in [-0.39, 0.29) is 42.7 Å². The van der Waals surface area contributed by atoms with Crippen LogP contribution < -0.4 is 0 Å². The topological polar surface area (TPSA) is 124 Å². The van der Waals surface area contributed by atoms with E-state index in [9.17, 15) is 19.2 Å². The SMILES string of the molecule is CCOC(=O)CCCCCc1cc(/C=C/B2OC(C)C(C)(C)O2)cc(CCCCCC(=O)OCC)c1.CCOC(=O)CCCCCc1cc(/C=C/I)cc(CCCCCC(=O)OCC)c1. The maximum atomic E-state index is 11.5. The van der Waals surface area contributed by atoms with Gasteiger partial charge in [0.1, 0.15) is 0 Å². The van der Waals surface area contributed by atoms with E-state index in [4.69, 9.17) is 28.3 Å². The van der Waals surface area contributed by atoms with Gasteiger partial charge in [-0.15, -0.1) is 0 Å². The third-order valence-electron chi connectivity index (χ3n) is 11.2. The molecular weight excluding hydrogens is 934 g/mol. The quantitative estimate of drug-likeness (QED) is 0.0237. The summed E-state index contributed by atoms with van der Waals surface area (Å²) in [5.74, 6) is 1.60. The van der Waals surface area contributed by atoms with E-state index in [0.717, 1.165) is 108 Å². The van der Waals surface area contributed by atoms with Gasteiger partial charge in [-0.3, -0.25) is 19.2 Å². The van der Waals surface area contributed by atoms with Gasteiger partial charge in [-0.25, -0.2) is 0 Å². The Morgan fingerprint density at radius 1 is 0.538 bits per heavy atom. The van der Waals surface area contributed by atoms with Crippen LogP contribution in [0.1, 0.15) is 185 Å². The number of carbonyl (C=O) groups is 4. The zero-order chi connectivity index (χ0) is 47.7. The third kappa shape index (κ3) is 27.1. The molecule has 3 rings (SSSR count). The number of hydrogen-bond donors (Lipinski definition) is 0. The molecule has 2 aromatic carbocycles. The van der Waals surface area contributed by atoms with Crippen molar-refractivity contribution in [1.82, 2.24) is 0 Å². The highest BCUT2D eigenvalue weighted by Gasteiger charge is 2.41. The molecule has 1 aliphatic rings. The molecule has 12 heteroatoms. The molecule has 1 heterocycles. The summed E-state index contributed by atoms with van der Waals surface area (Å²) in [5, 5.41) is 0. The van der Waals surface area contributed by atoms with Crippen LogP contribution in [0.5, 0.6) is 0 Å². The molecule has 0 N–H and O–H groups in total. The summed E-state index contributed by atoms with van der Waals surface area (Å²) in [7, 11) is -0.340. The van der Waals surface area contributed by atoms with Crippen molar-refractivity contribution in [2.45, 2.75) is 189 Å². The fourth-order valence-electron chi connectivity index (χ4n) is 7.52. The number of benzene rings is 2. The van der Waals surface area contributed by atoms with E-state index in [1.54, 1.807) is 0 Å². The Labute approximate surface area is 406 Å². The van der Waals surface area contributed by atoms with Crippen LogP contribution in [0.4, 0.5) is 0 Å². The predicted molar refractivity (Wildman–Crippen MR) is 272 cm³/mol. The molecule has 0 radical (unpaired) electrons. The molecule has 65 heavy (non-hydrogen) atoms. The summed E-state index contributed by atoms with van der Waals surface area (Å²) < 4.78 is 34.0. The van der Waals surface area contributed by atoms with E-state index >= 15 is 0 Å². The molecule has 0 bridgehead atoms. The number of esters is 4. The summed E-state index contributed by atoms with van der Waals surface area (Å²) in [6.45, 7) is 15.3. The second-order valence-electron chi connectivity index (χ2n) is 17.1. The Morgan fingerprint density at radius 2 is 0.862 bits per heavy atom. The fourth-order valence-corrected chi connectivity index (χ4v) is 7.94. The minimum Gasteiger partial charge on any atom is -0.466 e. The molecule has 0 aromatic heterocycles. The van der Waals surface area contributed by atoms with Crippen LogP contribution in [-0.2, 0) is 73.1 Å². The van der Waals surface area contributed by atoms with Gasteiger partial charge < -0.3 is 28.3 Å². The first-order chi connectivity index (χ1) is 31.3. The highest BCUT2D eigenvalue weighted by Crippen LogP contribution is 2.28. The lowest BCUT2D eigenvalue weighted by molar-refractivity contribution is -0.144. The maximum Gasteiger partial charge on any atom is 0.486 e. The molecule has 362 valence electrons. The van der Waals surface area contributed by atoms with Crippen LogP contribution in [0.3, 0.4) is 0 Å². The number of hydrogen-bond acceptors (Lipinski definition) is 10. The Hall–Kier alpha value is -3.49. The van der Waals surface area contributed by atoms with Gasteiger partial charge in [-0.1, -0.05) is 96.7 Å². The van der Waals surface area contributed by atoms with Crippen molar-refractivity contribution in [2.24, 2.45) is 0 Å². The molecule has 1 saturated heterocycles. The summed E-state index contributed by atoms with van der Waals surface area (Å²) in [5.41, 5.74) is 7.41. The Kier molecular flexibility index (Phi) is 30.8. The Morgan fingerprint density at radius 3 is 1.14 bits per heavy atom. The largest absolute Gasteiger partial charge is 0.486 e. The van der Waals surface area contributed by atoms with E-state index in [1.807, 2.05) is 58.5 Å². The van der Waals surface area contributed by atoms with Crippen LogP contribution in [0.15, 0.2) is 46.5 Å². The van der Waals surface area contributed by atoms with Crippen LogP contribution in [-0.4, -0.2) is 69.1 Å². The molecule has 1 aliphatic heterocycles. The summed E-state index contributed by atoms with van der Waals surface area (Å²) in [6, 6.07) is 13.6. The van der Waals surface area contributed by atoms with Gasteiger partial charge in [0.15, 0.2) is 0 Å². The van der Waals surface area contributed by atoms with Gasteiger partial charge in [-0.05, 0) is 169 Å². The highest BCUT2D eigenvalue weighted by molar-refractivity contribution is 14.1. The molecule has 0 aliphatic carbocycles. The number of halogens is 1. The van der Waals surface area contributed by atoms with Crippen molar-refractivity contribution in [3.63, 3.8) is 0 Å². The van der Waals surface area contributed by atoms with Gasteiger partial charge in [0.25, 0.3) is 0 Å². The average Bonchev–Trinajstić information content (AvgIpc) is 3.53. The van der Waals surface area contributed by atoms with Crippen molar-refractivity contribution in [3.05, 3.63) is 79.8 Å². The van der Waals surface area contributed by atoms with Gasteiger partial charge in [0.05, 0.1) is 38.1 Å². The van der Waals surface area contributed by atoms with Crippen molar-refractivity contribution in [2.75, 3.05) is 26.4 Å². The van der Waals surface area contributed by atoms with Crippen molar-refractivity contribution in [3.8, 4) is 0 Å². The molecular formula is C53H80BIO10. The van der Waals surface area contributed by atoms with Crippen molar-refractivity contribution >= 4 is 65.7 Å². The summed E-state index contributed by atoms with van der Waals surface area (Å²) >= 11 is 2.25. The van der Waals surface area contributed by atoms with Crippen LogP contribution >= 0.6 is 22.6 Å². The lowest BCUT2D eigenvalue weighted by Gasteiger charge is -2.21. The lowest BCUT2D eigenvalue weighted by atomic mass is 9.88. The molecule has 0 amide bonds. The zero-order valence-corrected chi connectivity index (χ0v) is 43.0. The molecule has 2 aromatic rings. The molecule has 1 unspecified atom stereocenters. The summed E-state index contributed by atoms with van der Waals surface area (Å²) in [6.07, 6.45) is 22.1. The first kappa shape index (κ1) is 57.6.